The maximum Gasteiger partial charge on any atom is 0.210 e. The second-order valence-corrected chi connectivity index (χ2v) is 5.14. The quantitative estimate of drug-likeness (QED) is 0.420. The number of methoxy groups -OCH3 is 2. The molecule has 1 aromatic heterocycles. The molecule has 0 aliphatic rings. The van der Waals surface area contributed by atoms with Crippen LogP contribution in [0.3, 0.4) is 0 Å². The van der Waals surface area contributed by atoms with Crippen LogP contribution in [-0.2, 0) is 0 Å². The summed E-state index contributed by atoms with van der Waals surface area (Å²) in [7, 11) is 2.54. The Bertz CT molecular complexity index is 1040. The van der Waals surface area contributed by atoms with Gasteiger partial charge < -0.3 is 34.3 Å². The van der Waals surface area contributed by atoms with Crippen LogP contribution < -0.4 is 14.9 Å². The van der Waals surface area contributed by atoms with E-state index in [1.165, 1.54) is 32.4 Å². The fraction of sp³-hybridized carbons (Fsp3) is 0.118. The first-order valence-electron chi connectivity index (χ1n) is 7.05. The van der Waals surface area contributed by atoms with Crippen LogP contribution in [0.25, 0.3) is 22.3 Å². The van der Waals surface area contributed by atoms with Gasteiger partial charge in [-0.15, -0.1) is 0 Å². The highest BCUT2D eigenvalue weighted by molar-refractivity contribution is 5.94. The van der Waals surface area contributed by atoms with Crippen molar-refractivity contribution in [3.8, 4) is 45.8 Å². The van der Waals surface area contributed by atoms with Crippen molar-refractivity contribution in [2.24, 2.45) is 0 Å². The number of rotatable bonds is 3. The number of fused-ring (bicyclic) bond motifs is 1. The van der Waals surface area contributed by atoms with Gasteiger partial charge in [-0.25, -0.2) is 0 Å². The predicted octanol–water partition coefficient (Wildman–Crippen LogP) is 2.30. The van der Waals surface area contributed by atoms with E-state index in [1.54, 1.807) is 0 Å². The maximum absolute atomic E-state index is 12.4. The minimum atomic E-state index is -0.765. The second kappa shape index (κ2) is 5.82. The number of benzene rings is 2. The molecule has 130 valence electrons. The zero-order valence-corrected chi connectivity index (χ0v) is 13.2. The van der Waals surface area contributed by atoms with Gasteiger partial charge in [0.15, 0.2) is 28.3 Å². The van der Waals surface area contributed by atoms with E-state index >= 15 is 0 Å². The van der Waals surface area contributed by atoms with Gasteiger partial charge in [0, 0.05) is 11.6 Å². The van der Waals surface area contributed by atoms with Gasteiger partial charge in [0.05, 0.1) is 14.2 Å². The molecule has 0 aliphatic carbocycles. The standard InChI is InChI=1S/C17H14O8/c1-23-11-5-7(3-4-8(11)18)10-6-9(19)12-13(20)14(21)17(24-2)15(22)16(12)25-10/h3-6,18,20-22H,1-2H3. The number of hydrogen-bond donors (Lipinski definition) is 4. The molecule has 8 heteroatoms. The van der Waals surface area contributed by atoms with Gasteiger partial charge in [0.2, 0.25) is 17.2 Å². The Morgan fingerprint density at radius 2 is 1.64 bits per heavy atom. The lowest BCUT2D eigenvalue weighted by Gasteiger charge is -2.12. The molecular formula is C17H14O8. The molecule has 0 aliphatic heterocycles. The average molecular weight is 346 g/mol. The summed E-state index contributed by atoms with van der Waals surface area (Å²) >= 11 is 0. The molecule has 0 amide bonds. The summed E-state index contributed by atoms with van der Waals surface area (Å²) in [6.45, 7) is 0. The molecule has 0 fully saturated rings. The summed E-state index contributed by atoms with van der Waals surface area (Å²) in [5.41, 5.74) is -0.643. The Balaban J connectivity index is 2.35. The minimum absolute atomic E-state index is 0.0539. The van der Waals surface area contributed by atoms with Gasteiger partial charge in [-0.3, -0.25) is 4.79 Å². The minimum Gasteiger partial charge on any atom is -0.504 e. The van der Waals surface area contributed by atoms with E-state index in [4.69, 9.17) is 13.9 Å². The number of phenolic OH excluding ortho intramolecular Hbond substituents is 4. The Labute approximate surface area is 140 Å². The van der Waals surface area contributed by atoms with Crippen molar-refractivity contribution in [2.75, 3.05) is 14.2 Å². The highest BCUT2D eigenvalue weighted by Gasteiger charge is 2.24. The molecule has 4 N–H and O–H groups in total. The molecule has 3 rings (SSSR count). The van der Waals surface area contributed by atoms with Crippen LogP contribution in [0.5, 0.6) is 34.5 Å². The molecular weight excluding hydrogens is 332 g/mol. The van der Waals surface area contributed by atoms with Crippen LogP contribution in [-0.4, -0.2) is 34.6 Å². The zero-order valence-electron chi connectivity index (χ0n) is 13.2. The second-order valence-electron chi connectivity index (χ2n) is 5.14. The molecule has 0 bridgehead atoms. The average Bonchev–Trinajstić information content (AvgIpc) is 2.60. The van der Waals surface area contributed by atoms with Crippen molar-refractivity contribution in [1.82, 2.24) is 0 Å². The first-order chi connectivity index (χ1) is 11.9. The van der Waals surface area contributed by atoms with Gasteiger partial charge in [-0.2, -0.15) is 0 Å². The molecule has 8 nitrogen and oxygen atoms in total. The molecule has 0 atom stereocenters. The predicted molar refractivity (Wildman–Crippen MR) is 87.7 cm³/mol. The molecule has 0 spiro atoms. The van der Waals surface area contributed by atoms with Gasteiger partial charge >= 0.3 is 0 Å². The van der Waals surface area contributed by atoms with E-state index < -0.39 is 28.4 Å². The highest BCUT2D eigenvalue weighted by Crippen LogP contribution is 2.48. The van der Waals surface area contributed by atoms with E-state index in [2.05, 4.69) is 0 Å². The van der Waals surface area contributed by atoms with E-state index in [-0.39, 0.29) is 28.2 Å². The van der Waals surface area contributed by atoms with Crippen molar-refractivity contribution in [2.45, 2.75) is 0 Å². The number of phenols is 4. The Hall–Kier alpha value is -3.55. The summed E-state index contributed by atoms with van der Waals surface area (Å²) in [6.07, 6.45) is 0. The van der Waals surface area contributed by atoms with E-state index in [0.717, 1.165) is 6.07 Å². The normalized spacial score (nSPS) is 10.8. The zero-order chi connectivity index (χ0) is 18.3. The van der Waals surface area contributed by atoms with E-state index in [9.17, 15) is 25.2 Å². The van der Waals surface area contributed by atoms with Crippen molar-refractivity contribution in [1.29, 1.82) is 0 Å². The lowest BCUT2D eigenvalue weighted by molar-refractivity contribution is 0.330. The van der Waals surface area contributed by atoms with Gasteiger partial charge in [-0.05, 0) is 18.2 Å². The van der Waals surface area contributed by atoms with Gasteiger partial charge in [-0.1, -0.05) is 0 Å². The lowest BCUT2D eigenvalue weighted by Crippen LogP contribution is -2.02. The Kier molecular flexibility index (Phi) is 3.80. The van der Waals surface area contributed by atoms with E-state index in [1.807, 2.05) is 0 Å². The fourth-order valence-electron chi connectivity index (χ4n) is 2.49. The summed E-state index contributed by atoms with van der Waals surface area (Å²) in [4.78, 5) is 12.4. The van der Waals surface area contributed by atoms with Crippen LogP contribution in [0.1, 0.15) is 0 Å². The van der Waals surface area contributed by atoms with Crippen LogP contribution in [0, 0.1) is 0 Å². The third kappa shape index (κ3) is 2.44. The molecule has 0 saturated heterocycles. The van der Waals surface area contributed by atoms with E-state index in [0.29, 0.717) is 5.56 Å². The maximum atomic E-state index is 12.4. The summed E-state index contributed by atoms with van der Waals surface area (Å²) in [5.74, 6) is -2.45. The largest absolute Gasteiger partial charge is 0.504 e. The molecule has 25 heavy (non-hydrogen) atoms. The highest BCUT2D eigenvalue weighted by atomic mass is 16.5. The molecule has 2 aromatic carbocycles. The van der Waals surface area contributed by atoms with Crippen molar-refractivity contribution in [3.05, 3.63) is 34.5 Å². The molecule has 0 saturated carbocycles. The summed E-state index contributed by atoms with van der Waals surface area (Å²) < 4.78 is 15.4. The molecule has 3 aromatic rings. The monoisotopic (exact) mass is 346 g/mol. The first kappa shape index (κ1) is 16.3. The van der Waals surface area contributed by atoms with Crippen LogP contribution in [0.4, 0.5) is 0 Å². The van der Waals surface area contributed by atoms with Gasteiger partial charge in [0.25, 0.3) is 0 Å². The number of ether oxygens (including phenoxy) is 2. The smallest absolute Gasteiger partial charge is 0.210 e. The third-order valence-corrected chi connectivity index (χ3v) is 3.72. The fourth-order valence-corrected chi connectivity index (χ4v) is 2.49. The molecule has 0 radical (unpaired) electrons. The van der Waals surface area contributed by atoms with Crippen LogP contribution in [0.15, 0.2) is 33.5 Å². The molecule has 1 heterocycles. The third-order valence-electron chi connectivity index (χ3n) is 3.72. The Morgan fingerprint density at radius 1 is 0.920 bits per heavy atom. The first-order valence-corrected chi connectivity index (χ1v) is 7.05. The SMILES string of the molecule is COc1cc(-c2cc(=O)c3c(O)c(O)c(OC)c(O)c3o2)ccc1O. The topological polar surface area (TPSA) is 130 Å². The van der Waals surface area contributed by atoms with Crippen molar-refractivity contribution < 1.29 is 34.3 Å². The summed E-state index contributed by atoms with van der Waals surface area (Å²) in [5, 5.41) is 39.3. The van der Waals surface area contributed by atoms with Crippen LogP contribution >= 0.6 is 0 Å². The number of aromatic hydroxyl groups is 4. The van der Waals surface area contributed by atoms with Gasteiger partial charge in [0.1, 0.15) is 11.1 Å². The molecule has 0 unspecified atom stereocenters. The lowest BCUT2D eigenvalue weighted by atomic mass is 10.1. The van der Waals surface area contributed by atoms with Crippen LogP contribution in [0.2, 0.25) is 0 Å². The Morgan fingerprint density at radius 3 is 2.28 bits per heavy atom. The van der Waals surface area contributed by atoms with Crippen molar-refractivity contribution >= 4 is 11.0 Å². The number of hydrogen-bond acceptors (Lipinski definition) is 8. The van der Waals surface area contributed by atoms with Crippen molar-refractivity contribution in [3.63, 3.8) is 0 Å². The summed E-state index contributed by atoms with van der Waals surface area (Å²) in [6, 6.07) is 5.36.